The molecule has 0 aromatic heterocycles. The second-order valence-corrected chi connectivity index (χ2v) is 5.60. The van der Waals surface area contributed by atoms with Crippen LogP contribution in [0.15, 0.2) is 58.5 Å². The van der Waals surface area contributed by atoms with Crippen molar-refractivity contribution in [2.45, 2.75) is 11.8 Å². The van der Waals surface area contributed by atoms with Crippen molar-refractivity contribution >= 4 is 23.9 Å². The van der Waals surface area contributed by atoms with E-state index in [0.717, 1.165) is 10.5 Å². The molecule has 1 amide bonds. The molecule has 0 bridgehead atoms. The number of benzene rings is 2. The molecule has 120 valence electrons. The Hall–Kier alpha value is -2.47. The van der Waals surface area contributed by atoms with Crippen LogP contribution in [-0.4, -0.2) is 29.6 Å². The van der Waals surface area contributed by atoms with Crippen LogP contribution in [0.2, 0.25) is 0 Å². The summed E-state index contributed by atoms with van der Waals surface area (Å²) in [6.45, 7) is 2.30. The molecular weight excluding hydrogens is 312 g/mol. The smallest absolute Gasteiger partial charge is 0.250 e. The van der Waals surface area contributed by atoms with Gasteiger partial charge in [-0.05, 0) is 42.8 Å². The zero-order chi connectivity index (χ0) is 16.5. The maximum absolute atomic E-state index is 11.7. The van der Waals surface area contributed by atoms with Gasteiger partial charge in [-0.3, -0.25) is 4.79 Å². The van der Waals surface area contributed by atoms with Gasteiger partial charge in [0.15, 0.2) is 11.5 Å². The van der Waals surface area contributed by atoms with Gasteiger partial charge in [0.1, 0.15) is 0 Å². The Labute approximate surface area is 139 Å². The van der Waals surface area contributed by atoms with Gasteiger partial charge in [-0.2, -0.15) is 5.10 Å². The Morgan fingerprint density at radius 1 is 1.30 bits per heavy atom. The first kappa shape index (κ1) is 16.9. The van der Waals surface area contributed by atoms with E-state index in [0.29, 0.717) is 18.1 Å². The molecule has 0 saturated heterocycles. The van der Waals surface area contributed by atoms with Gasteiger partial charge in [-0.15, -0.1) is 11.8 Å². The number of rotatable bonds is 7. The molecule has 0 aliphatic rings. The molecular formula is C17H18N2O3S. The lowest BCUT2D eigenvalue weighted by molar-refractivity contribution is -0.118. The number of thioether (sulfide) groups is 1. The van der Waals surface area contributed by atoms with Gasteiger partial charge in [-0.1, -0.05) is 18.2 Å². The van der Waals surface area contributed by atoms with E-state index < -0.39 is 0 Å². The number of aromatic hydroxyl groups is 1. The van der Waals surface area contributed by atoms with Crippen molar-refractivity contribution in [2.75, 3.05) is 12.4 Å². The quantitative estimate of drug-likeness (QED) is 0.465. The average Bonchev–Trinajstić information content (AvgIpc) is 2.57. The molecule has 2 rings (SSSR count). The summed E-state index contributed by atoms with van der Waals surface area (Å²) >= 11 is 1.45. The van der Waals surface area contributed by atoms with Gasteiger partial charge in [0.05, 0.1) is 18.6 Å². The van der Waals surface area contributed by atoms with Crippen LogP contribution < -0.4 is 10.2 Å². The van der Waals surface area contributed by atoms with E-state index in [1.807, 2.05) is 37.3 Å². The lowest BCUT2D eigenvalue weighted by Crippen LogP contribution is -2.19. The van der Waals surface area contributed by atoms with Crippen LogP contribution in [0.4, 0.5) is 0 Å². The lowest BCUT2D eigenvalue weighted by Gasteiger charge is -2.06. The van der Waals surface area contributed by atoms with E-state index in [4.69, 9.17) is 4.74 Å². The predicted molar refractivity (Wildman–Crippen MR) is 92.2 cm³/mol. The first-order valence-electron chi connectivity index (χ1n) is 7.14. The van der Waals surface area contributed by atoms with E-state index in [9.17, 15) is 9.90 Å². The number of nitrogens with one attached hydrogen (secondary N) is 1. The number of phenols is 1. The summed E-state index contributed by atoms with van der Waals surface area (Å²) in [6, 6.07) is 14.6. The highest BCUT2D eigenvalue weighted by molar-refractivity contribution is 8.00. The van der Waals surface area contributed by atoms with Crippen molar-refractivity contribution < 1.29 is 14.6 Å². The number of nitrogens with zero attached hydrogens (tertiary/aromatic N) is 1. The van der Waals surface area contributed by atoms with E-state index in [1.165, 1.54) is 24.0 Å². The van der Waals surface area contributed by atoms with Crippen LogP contribution in [0.1, 0.15) is 12.5 Å². The molecule has 6 heteroatoms. The topological polar surface area (TPSA) is 70.9 Å². The number of phenolic OH excluding ortho intramolecular Hbond substituents is 1. The third kappa shape index (κ3) is 5.67. The summed E-state index contributed by atoms with van der Waals surface area (Å²) in [4.78, 5) is 12.8. The summed E-state index contributed by atoms with van der Waals surface area (Å²) in [7, 11) is 0. The molecule has 0 heterocycles. The number of hydrazone groups is 1. The Morgan fingerprint density at radius 3 is 2.83 bits per heavy atom. The van der Waals surface area contributed by atoms with Crippen LogP contribution in [0, 0.1) is 0 Å². The fourth-order valence-corrected chi connectivity index (χ4v) is 2.47. The van der Waals surface area contributed by atoms with E-state index in [-0.39, 0.29) is 11.7 Å². The van der Waals surface area contributed by atoms with Crippen molar-refractivity contribution in [3.8, 4) is 11.5 Å². The standard InChI is InChI=1S/C17H18N2O3S/c1-2-22-16-10-13(8-9-15(16)20)11-18-19-17(21)12-23-14-6-4-3-5-7-14/h3-11,20H,2,12H2,1H3,(H,19,21)/b18-11-. The predicted octanol–water partition coefficient (Wildman–Crippen LogP) is 3.03. The van der Waals surface area contributed by atoms with E-state index in [2.05, 4.69) is 10.5 Å². The summed E-state index contributed by atoms with van der Waals surface area (Å²) in [5.74, 6) is 0.579. The number of amides is 1. The monoisotopic (exact) mass is 330 g/mol. The van der Waals surface area contributed by atoms with Gasteiger partial charge in [-0.25, -0.2) is 5.43 Å². The molecule has 2 aromatic carbocycles. The van der Waals surface area contributed by atoms with Crippen LogP contribution in [0.5, 0.6) is 11.5 Å². The van der Waals surface area contributed by atoms with Crippen LogP contribution >= 0.6 is 11.8 Å². The van der Waals surface area contributed by atoms with Crippen molar-refractivity contribution in [1.82, 2.24) is 5.43 Å². The number of carbonyl (C=O) groups is 1. The normalized spacial score (nSPS) is 10.7. The number of hydrogen-bond acceptors (Lipinski definition) is 5. The van der Waals surface area contributed by atoms with E-state index >= 15 is 0 Å². The Balaban J connectivity index is 1.84. The molecule has 0 aliphatic heterocycles. The van der Waals surface area contributed by atoms with Crippen LogP contribution in [0.25, 0.3) is 0 Å². The summed E-state index contributed by atoms with van der Waals surface area (Å²) in [5, 5.41) is 13.5. The zero-order valence-corrected chi connectivity index (χ0v) is 13.5. The molecule has 0 atom stereocenters. The highest BCUT2D eigenvalue weighted by Crippen LogP contribution is 2.26. The minimum absolute atomic E-state index is 0.0762. The molecule has 0 radical (unpaired) electrons. The molecule has 2 aromatic rings. The van der Waals surface area contributed by atoms with Crippen molar-refractivity contribution in [2.24, 2.45) is 5.10 Å². The van der Waals surface area contributed by atoms with Crippen LogP contribution in [0.3, 0.4) is 0 Å². The molecule has 0 spiro atoms. The largest absolute Gasteiger partial charge is 0.504 e. The number of hydrogen-bond donors (Lipinski definition) is 2. The molecule has 5 nitrogen and oxygen atoms in total. The minimum atomic E-state index is -0.182. The Kier molecular flexibility index (Phi) is 6.50. The number of ether oxygens (including phenoxy) is 1. The third-order valence-corrected chi connectivity index (χ3v) is 3.81. The van der Waals surface area contributed by atoms with Crippen molar-refractivity contribution in [3.63, 3.8) is 0 Å². The molecule has 0 saturated carbocycles. The summed E-state index contributed by atoms with van der Waals surface area (Å²) < 4.78 is 5.29. The van der Waals surface area contributed by atoms with Gasteiger partial charge in [0.2, 0.25) is 5.91 Å². The highest BCUT2D eigenvalue weighted by atomic mass is 32.2. The molecule has 0 aliphatic carbocycles. The average molecular weight is 330 g/mol. The van der Waals surface area contributed by atoms with Crippen LogP contribution in [-0.2, 0) is 4.79 Å². The zero-order valence-electron chi connectivity index (χ0n) is 12.7. The second kappa shape index (κ2) is 8.85. The van der Waals surface area contributed by atoms with Crippen molar-refractivity contribution in [1.29, 1.82) is 0 Å². The molecule has 2 N–H and O–H groups in total. The molecule has 23 heavy (non-hydrogen) atoms. The Morgan fingerprint density at radius 2 is 2.09 bits per heavy atom. The van der Waals surface area contributed by atoms with Gasteiger partial charge < -0.3 is 9.84 Å². The lowest BCUT2D eigenvalue weighted by atomic mass is 10.2. The number of carbonyl (C=O) groups excluding carboxylic acids is 1. The minimum Gasteiger partial charge on any atom is -0.504 e. The molecule has 0 fully saturated rings. The second-order valence-electron chi connectivity index (χ2n) is 4.56. The van der Waals surface area contributed by atoms with Crippen molar-refractivity contribution in [3.05, 3.63) is 54.1 Å². The summed E-state index contributed by atoms with van der Waals surface area (Å²) in [5.41, 5.74) is 3.20. The first-order valence-corrected chi connectivity index (χ1v) is 8.13. The highest BCUT2D eigenvalue weighted by Gasteiger charge is 2.03. The third-order valence-electron chi connectivity index (χ3n) is 2.80. The van der Waals surface area contributed by atoms with E-state index in [1.54, 1.807) is 12.1 Å². The summed E-state index contributed by atoms with van der Waals surface area (Å²) in [6.07, 6.45) is 1.51. The maximum Gasteiger partial charge on any atom is 0.250 e. The molecule has 0 unspecified atom stereocenters. The van der Waals surface area contributed by atoms with Gasteiger partial charge >= 0.3 is 0 Å². The first-order chi connectivity index (χ1) is 11.2. The SMILES string of the molecule is CCOc1cc(/C=N\NC(=O)CSc2ccccc2)ccc1O. The Bertz CT molecular complexity index is 675. The fourth-order valence-electron chi connectivity index (χ4n) is 1.76. The van der Waals surface area contributed by atoms with Gasteiger partial charge in [0, 0.05) is 4.90 Å². The van der Waals surface area contributed by atoms with Gasteiger partial charge in [0.25, 0.3) is 0 Å². The fraction of sp³-hybridized carbons (Fsp3) is 0.176. The maximum atomic E-state index is 11.7.